The Labute approximate surface area is 95.7 Å². The van der Waals surface area contributed by atoms with E-state index in [2.05, 4.69) is 46.8 Å². The highest BCUT2D eigenvalue weighted by Crippen LogP contribution is 2.21. The Morgan fingerprint density at radius 2 is 1.88 bits per heavy atom. The molecule has 3 rings (SSSR count). The first-order valence-electron chi connectivity index (χ1n) is 5.83. The van der Waals surface area contributed by atoms with Crippen LogP contribution in [0.5, 0.6) is 0 Å². The second-order valence-electron chi connectivity index (χ2n) is 4.47. The molecular weight excluding hydrogens is 196 g/mol. The lowest BCUT2D eigenvalue weighted by molar-refractivity contribution is 0.533. The fourth-order valence-electron chi connectivity index (χ4n) is 2.43. The van der Waals surface area contributed by atoms with Crippen molar-refractivity contribution in [2.24, 2.45) is 0 Å². The number of rotatable bonds is 3. The molecule has 1 aromatic heterocycles. The third kappa shape index (κ3) is 1.89. The van der Waals surface area contributed by atoms with Crippen LogP contribution in [0.4, 0.5) is 0 Å². The van der Waals surface area contributed by atoms with Crippen molar-refractivity contribution in [2.75, 3.05) is 0 Å². The molecule has 0 amide bonds. The molecule has 0 spiro atoms. The maximum absolute atomic E-state index is 3.61. The van der Waals surface area contributed by atoms with E-state index in [0.717, 1.165) is 6.54 Å². The molecule has 0 aliphatic heterocycles. The van der Waals surface area contributed by atoms with Gasteiger partial charge < -0.3 is 10.3 Å². The number of aromatic amines is 1. The lowest BCUT2D eigenvalue weighted by Gasteiger charge is -2.10. The first-order valence-corrected chi connectivity index (χ1v) is 5.83. The molecule has 0 fully saturated rings. The van der Waals surface area contributed by atoms with Crippen LogP contribution in [0.15, 0.2) is 42.7 Å². The van der Waals surface area contributed by atoms with Gasteiger partial charge in [-0.2, -0.15) is 0 Å². The second-order valence-corrected chi connectivity index (χ2v) is 4.47. The molecule has 2 heteroatoms. The summed E-state index contributed by atoms with van der Waals surface area (Å²) in [5, 5.41) is 3.61. The van der Waals surface area contributed by atoms with Gasteiger partial charge in [0.25, 0.3) is 0 Å². The molecule has 1 aromatic carbocycles. The van der Waals surface area contributed by atoms with Crippen LogP contribution in [-0.2, 0) is 19.4 Å². The third-order valence-corrected chi connectivity index (χ3v) is 3.31. The minimum atomic E-state index is 0.604. The number of nitrogens with one attached hydrogen (secondary N) is 2. The minimum Gasteiger partial charge on any atom is -0.367 e. The Morgan fingerprint density at radius 1 is 1.12 bits per heavy atom. The molecule has 0 atom stereocenters. The molecule has 1 aliphatic carbocycles. The van der Waals surface area contributed by atoms with E-state index in [4.69, 9.17) is 0 Å². The zero-order valence-corrected chi connectivity index (χ0v) is 9.24. The molecule has 0 saturated carbocycles. The SMILES string of the molecule is c1ccc2c(c1)CC(NCc1cc[nH]c1)C2. The van der Waals surface area contributed by atoms with Gasteiger partial charge in [0, 0.05) is 25.0 Å². The average molecular weight is 212 g/mol. The highest BCUT2D eigenvalue weighted by Gasteiger charge is 2.19. The summed E-state index contributed by atoms with van der Waals surface area (Å²) in [6, 6.07) is 11.5. The molecule has 0 radical (unpaired) electrons. The van der Waals surface area contributed by atoms with Gasteiger partial charge in [-0.25, -0.2) is 0 Å². The molecular formula is C14H16N2. The van der Waals surface area contributed by atoms with Gasteiger partial charge in [-0.3, -0.25) is 0 Å². The van der Waals surface area contributed by atoms with Gasteiger partial charge in [-0.05, 0) is 35.6 Å². The van der Waals surface area contributed by atoms with Crippen molar-refractivity contribution >= 4 is 0 Å². The fourth-order valence-corrected chi connectivity index (χ4v) is 2.43. The third-order valence-electron chi connectivity index (χ3n) is 3.31. The van der Waals surface area contributed by atoms with E-state index in [0.29, 0.717) is 6.04 Å². The van der Waals surface area contributed by atoms with Crippen LogP contribution in [0.3, 0.4) is 0 Å². The molecule has 0 unspecified atom stereocenters. The summed E-state index contributed by atoms with van der Waals surface area (Å²) in [7, 11) is 0. The number of fused-ring (bicyclic) bond motifs is 1. The number of aromatic nitrogens is 1. The van der Waals surface area contributed by atoms with Crippen LogP contribution in [0.25, 0.3) is 0 Å². The summed E-state index contributed by atoms with van der Waals surface area (Å²) in [6.07, 6.45) is 6.36. The maximum Gasteiger partial charge on any atom is 0.0223 e. The summed E-state index contributed by atoms with van der Waals surface area (Å²) < 4.78 is 0. The van der Waals surface area contributed by atoms with Crippen molar-refractivity contribution in [2.45, 2.75) is 25.4 Å². The highest BCUT2D eigenvalue weighted by atomic mass is 14.9. The monoisotopic (exact) mass is 212 g/mol. The molecule has 1 heterocycles. The van der Waals surface area contributed by atoms with Crippen molar-refractivity contribution in [3.63, 3.8) is 0 Å². The fraction of sp³-hybridized carbons (Fsp3) is 0.286. The van der Waals surface area contributed by atoms with E-state index < -0.39 is 0 Å². The summed E-state index contributed by atoms with van der Waals surface area (Å²) in [5.41, 5.74) is 4.35. The molecule has 2 aromatic rings. The molecule has 0 bridgehead atoms. The Bertz CT molecular complexity index is 434. The number of H-pyrrole nitrogens is 1. The van der Waals surface area contributed by atoms with Crippen molar-refractivity contribution < 1.29 is 0 Å². The van der Waals surface area contributed by atoms with Crippen molar-refractivity contribution in [3.8, 4) is 0 Å². The summed E-state index contributed by atoms with van der Waals surface area (Å²) in [5.74, 6) is 0. The number of hydrogen-bond acceptors (Lipinski definition) is 1. The Balaban J connectivity index is 1.60. The lowest BCUT2D eigenvalue weighted by Crippen LogP contribution is -2.28. The zero-order chi connectivity index (χ0) is 10.8. The molecule has 2 nitrogen and oxygen atoms in total. The second kappa shape index (κ2) is 4.14. The predicted molar refractivity (Wildman–Crippen MR) is 65.3 cm³/mol. The highest BCUT2D eigenvalue weighted by molar-refractivity contribution is 5.33. The zero-order valence-electron chi connectivity index (χ0n) is 9.24. The smallest absolute Gasteiger partial charge is 0.0223 e. The van der Waals surface area contributed by atoms with Gasteiger partial charge in [0.15, 0.2) is 0 Å². The standard InChI is InChI=1S/C14H16N2/c1-2-4-13-8-14(7-12(13)3-1)16-10-11-5-6-15-9-11/h1-6,9,14-16H,7-8,10H2. The van der Waals surface area contributed by atoms with E-state index in [1.807, 2.05) is 6.20 Å². The van der Waals surface area contributed by atoms with Crippen LogP contribution >= 0.6 is 0 Å². The van der Waals surface area contributed by atoms with Crippen molar-refractivity contribution in [1.82, 2.24) is 10.3 Å². The maximum atomic E-state index is 3.61. The van der Waals surface area contributed by atoms with Crippen LogP contribution < -0.4 is 5.32 Å². The van der Waals surface area contributed by atoms with E-state index in [1.165, 1.54) is 29.5 Å². The Hall–Kier alpha value is -1.54. The van der Waals surface area contributed by atoms with E-state index in [1.54, 1.807) is 0 Å². The number of benzene rings is 1. The Kier molecular flexibility index (Phi) is 2.50. The average Bonchev–Trinajstić information content (AvgIpc) is 2.95. The van der Waals surface area contributed by atoms with Gasteiger partial charge in [0.1, 0.15) is 0 Å². The molecule has 16 heavy (non-hydrogen) atoms. The summed E-state index contributed by atoms with van der Waals surface area (Å²) >= 11 is 0. The van der Waals surface area contributed by atoms with Crippen LogP contribution in [0.2, 0.25) is 0 Å². The van der Waals surface area contributed by atoms with E-state index in [-0.39, 0.29) is 0 Å². The van der Waals surface area contributed by atoms with Gasteiger partial charge in [0.05, 0.1) is 0 Å². The first-order chi connectivity index (χ1) is 7.92. The quantitative estimate of drug-likeness (QED) is 0.802. The van der Waals surface area contributed by atoms with E-state index in [9.17, 15) is 0 Å². The largest absolute Gasteiger partial charge is 0.367 e. The molecule has 1 aliphatic rings. The summed E-state index contributed by atoms with van der Waals surface area (Å²) in [4.78, 5) is 3.08. The normalized spacial score (nSPS) is 15.2. The van der Waals surface area contributed by atoms with E-state index >= 15 is 0 Å². The number of hydrogen-bond donors (Lipinski definition) is 2. The minimum absolute atomic E-state index is 0.604. The summed E-state index contributed by atoms with van der Waals surface area (Å²) in [6.45, 7) is 0.960. The van der Waals surface area contributed by atoms with Crippen molar-refractivity contribution in [1.29, 1.82) is 0 Å². The lowest BCUT2D eigenvalue weighted by atomic mass is 10.1. The molecule has 2 N–H and O–H groups in total. The van der Waals surface area contributed by atoms with Crippen LogP contribution in [0.1, 0.15) is 16.7 Å². The van der Waals surface area contributed by atoms with Crippen molar-refractivity contribution in [3.05, 3.63) is 59.4 Å². The van der Waals surface area contributed by atoms with Crippen LogP contribution in [-0.4, -0.2) is 11.0 Å². The first kappa shape index (κ1) is 9.67. The predicted octanol–water partition coefficient (Wildman–Crippen LogP) is 2.27. The molecule has 82 valence electrons. The van der Waals surface area contributed by atoms with Gasteiger partial charge in [0.2, 0.25) is 0 Å². The topological polar surface area (TPSA) is 27.8 Å². The van der Waals surface area contributed by atoms with Gasteiger partial charge in [-0.1, -0.05) is 24.3 Å². The molecule has 0 saturated heterocycles. The van der Waals surface area contributed by atoms with Gasteiger partial charge in [-0.15, -0.1) is 0 Å². The Morgan fingerprint density at radius 3 is 2.50 bits per heavy atom. The van der Waals surface area contributed by atoms with Gasteiger partial charge >= 0.3 is 0 Å². The van der Waals surface area contributed by atoms with Crippen LogP contribution in [0, 0.1) is 0 Å².